The Hall–Kier alpha value is -2.90. The molecule has 0 N–H and O–H groups in total. The van der Waals surface area contributed by atoms with Crippen LogP contribution in [0.5, 0.6) is 0 Å². The lowest BCUT2D eigenvalue weighted by molar-refractivity contribution is -0.132. The summed E-state index contributed by atoms with van der Waals surface area (Å²) >= 11 is 0. The zero-order valence-corrected chi connectivity index (χ0v) is 17.8. The van der Waals surface area contributed by atoms with E-state index in [9.17, 15) is 4.79 Å². The number of hydrogen-bond acceptors (Lipinski definition) is 5. The molecule has 154 valence electrons. The number of aryl methyl sites for hydroxylation is 4. The molecule has 0 aromatic carbocycles. The molecule has 1 amide bonds. The molecule has 4 rings (SSSR count). The Morgan fingerprint density at radius 1 is 1.24 bits per heavy atom. The SMILES string of the molecule is Cc1cc(-c2cn(C)nc2[C@@H]2CCCN2C(=O)CCn2nc(C)c(C)c2C)on1. The first-order chi connectivity index (χ1) is 13.8. The first-order valence-corrected chi connectivity index (χ1v) is 10.1. The van der Waals surface area contributed by atoms with Crippen LogP contribution in [0.1, 0.15) is 53.6 Å². The van der Waals surface area contributed by atoms with Crippen LogP contribution in [-0.2, 0) is 18.4 Å². The van der Waals surface area contributed by atoms with Crippen molar-refractivity contribution in [1.82, 2.24) is 29.6 Å². The van der Waals surface area contributed by atoms with Gasteiger partial charge >= 0.3 is 0 Å². The maximum atomic E-state index is 13.1. The van der Waals surface area contributed by atoms with Crippen LogP contribution in [0.15, 0.2) is 16.8 Å². The minimum absolute atomic E-state index is 0.0358. The van der Waals surface area contributed by atoms with E-state index in [4.69, 9.17) is 4.52 Å². The Morgan fingerprint density at radius 2 is 2.03 bits per heavy atom. The van der Waals surface area contributed by atoms with Crippen LogP contribution >= 0.6 is 0 Å². The van der Waals surface area contributed by atoms with Crippen LogP contribution in [0.25, 0.3) is 11.3 Å². The maximum absolute atomic E-state index is 13.1. The standard InChI is InChI=1S/C21H28N6O2/c1-13-11-19(29-24-13)17-12-25(5)23-21(17)18-7-6-9-26(18)20(28)8-10-27-16(4)14(2)15(3)22-27/h11-12,18H,6-10H2,1-5H3/t18-/m0/s1. The molecule has 1 aliphatic rings. The lowest BCUT2D eigenvalue weighted by atomic mass is 10.0. The highest BCUT2D eigenvalue weighted by Crippen LogP contribution is 2.37. The van der Waals surface area contributed by atoms with Gasteiger partial charge in [0.05, 0.1) is 28.7 Å². The molecule has 1 fully saturated rings. The molecule has 0 bridgehead atoms. The van der Waals surface area contributed by atoms with E-state index in [2.05, 4.69) is 29.2 Å². The van der Waals surface area contributed by atoms with Crippen molar-refractivity contribution in [3.05, 3.63) is 40.6 Å². The smallest absolute Gasteiger partial charge is 0.225 e. The zero-order valence-electron chi connectivity index (χ0n) is 17.8. The molecule has 0 unspecified atom stereocenters. The number of rotatable bonds is 5. The summed E-state index contributed by atoms with van der Waals surface area (Å²) in [5.41, 5.74) is 5.96. The summed E-state index contributed by atoms with van der Waals surface area (Å²) in [7, 11) is 1.89. The molecule has 1 atom stereocenters. The van der Waals surface area contributed by atoms with Gasteiger partial charge in [0, 0.05) is 44.5 Å². The molecule has 8 nitrogen and oxygen atoms in total. The predicted octanol–water partition coefficient (Wildman–Crippen LogP) is 3.26. The number of hydrogen-bond donors (Lipinski definition) is 0. The number of nitrogens with zero attached hydrogens (tertiary/aromatic N) is 6. The fraction of sp³-hybridized carbons (Fsp3) is 0.524. The van der Waals surface area contributed by atoms with Crippen molar-refractivity contribution >= 4 is 5.91 Å². The van der Waals surface area contributed by atoms with Gasteiger partial charge in [0.2, 0.25) is 5.91 Å². The second-order valence-electron chi connectivity index (χ2n) is 7.95. The van der Waals surface area contributed by atoms with Gasteiger partial charge < -0.3 is 9.42 Å². The van der Waals surface area contributed by atoms with Crippen LogP contribution in [0.2, 0.25) is 0 Å². The molecule has 4 heterocycles. The predicted molar refractivity (Wildman–Crippen MR) is 108 cm³/mol. The van der Waals surface area contributed by atoms with Gasteiger partial charge in [-0.3, -0.25) is 14.2 Å². The Balaban J connectivity index is 1.53. The van der Waals surface area contributed by atoms with Crippen LogP contribution in [-0.4, -0.2) is 42.1 Å². The lowest BCUT2D eigenvalue weighted by Crippen LogP contribution is -2.31. The molecule has 8 heteroatoms. The van der Waals surface area contributed by atoms with E-state index in [0.29, 0.717) is 18.7 Å². The number of likely N-dealkylation sites (tertiary alicyclic amines) is 1. The molecule has 0 radical (unpaired) electrons. The Labute approximate surface area is 170 Å². The number of amides is 1. The van der Waals surface area contributed by atoms with Crippen molar-refractivity contribution in [2.75, 3.05) is 6.54 Å². The molecular formula is C21H28N6O2. The highest BCUT2D eigenvalue weighted by Gasteiger charge is 2.34. The monoisotopic (exact) mass is 396 g/mol. The van der Waals surface area contributed by atoms with Gasteiger partial charge in [0.25, 0.3) is 0 Å². The van der Waals surface area contributed by atoms with Crippen LogP contribution in [0, 0.1) is 27.7 Å². The fourth-order valence-corrected chi connectivity index (χ4v) is 4.13. The van der Waals surface area contributed by atoms with Gasteiger partial charge in [-0.15, -0.1) is 0 Å². The second kappa shape index (κ2) is 7.50. The van der Waals surface area contributed by atoms with Gasteiger partial charge in [-0.2, -0.15) is 10.2 Å². The van der Waals surface area contributed by atoms with E-state index >= 15 is 0 Å². The Bertz CT molecular complexity index is 1040. The molecule has 1 saturated heterocycles. The van der Waals surface area contributed by atoms with Crippen LogP contribution in [0.4, 0.5) is 0 Å². The minimum atomic E-state index is -0.0358. The van der Waals surface area contributed by atoms with Crippen molar-refractivity contribution in [3.8, 4) is 11.3 Å². The average Bonchev–Trinajstić information content (AvgIpc) is 3.45. The van der Waals surface area contributed by atoms with E-state index < -0.39 is 0 Å². The van der Waals surface area contributed by atoms with E-state index in [0.717, 1.165) is 47.7 Å². The van der Waals surface area contributed by atoms with Crippen molar-refractivity contribution < 1.29 is 9.32 Å². The molecule has 29 heavy (non-hydrogen) atoms. The van der Waals surface area contributed by atoms with Crippen LogP contribution < -0.4 is 0 Å². The second-order valence-corrected chi connectivity index (χ2v) is 7.95. The first-order valence-electron chi connectivity index (χ1n) is 10.1. The summed E-state index contributed by atoms with van der Waals surface area (Å²) in [6, 6.07) is 1.87. The molecule has 0 saturated carbocycles. The highest BCUT2D eigenvalue weighted by molar-refractivity contribution is 5.77. The summed E-state index contributed by atoms with van der Waals surface area (Å²) in [5, 5.41) is 13.2. The van der Waals surface area contributed by atoms with E-state index in [1.165, 1.54) is 5.56 Å². The number of carbonyl (C=O) groups is 1. The van der Waals surface area contributed by atoms with Crippen molar-refractivity contribution in [2.24, 2.45) is 7.05 Å². The molecule has 3 aromatic rings. The molecule has 3 aromatic heterocycles. The van der Waals surface area contributed by atoms with Crippen LogP contribution in [0.3, 0.4) is 0 Å². The quantitative estimate of drug-likeness (QED) is 0.661. The summed E-state index contributed by atoms with van der Waals surface area (Å²) in [5.74, 6) is 0.839. The minimum Gasteiger partial charge on any atom is -0.356 e. The van der Waals surface area contributed by atoms with Crippen molar-refractivity contribution in [1.29, 1.82) is 0 Å². The third-order valence-corrected chi connectivity index (χ3v) is 5.92. The summed E-state index contributed by atoms with van der Waals surface area (Å²) in [6.45, 7) is 9.38. The molecule has 0 spiro atoms. The summed E-state index contributed by atoms with van der Waals surface area (Å²) in [6.07, 6.45) is 4.25. The molecule has 0 aliphatic carbocycles. The van der Waals surface area contributed by atoms with Gasteiger partial charge in [0.1, 0.15) is 0 Å². The topological polar surface area (TPSA) is 82.0 Å². The molecule has 1 aliphatic heterocycles. The third kappa shape index (κ3) is 3.59. The third-order valence-electron chi connectivity index (χ3n) is 5.92. The summed E-state index contributed by atoms with van der Waals surface area (Å²) in [4.78, 5) is 15.0. The zero-order chi connectivity index (χ0) is 20.7. The average molecular weight is 396 g/mol. The van der Waals surface area contributed by atoms with Crippen molar-refractivity contribution in [2.45, 2.75) is 59.5 Å². The lowest BCUT2D eigenvalue weighted by Gasteiger charge is -2.24. The number of aromatic nitrogens is 5. The fourth-order valence-electron chi connectivity index (χ4n) is 4.13. The molecular weight excluding hydrogens is 368 g/mol. The first kappa shape index (κ1) is 19.4. The Morgan fingerprint density at radius 3 is 2.69 bits per heavy atom. The number of carbonyl (C=O) groups excluding carboxylic acids is 1. The summed E-state index contributed by atoms with van der Waals surface area (Å²) < 4.78 is 9.19. The normalized spacial score (nSPS) is 16.7. The largest absolute Gasteiger partial charge is 0.356 e. The maximum Gasteiger partial charge on any atom is 0.225 e. The van der Waals surface area contributed by atoms with Gasteiger partial charge in [-0.05, 0) is 46.1 Å². The van der Waals surface area contributed by atoms with Gasteiger partial charge in [-0.25, -0.2) is 0 Å². The van der Waals surface area contributed by atoms with E-state index in [1.807, 2.05) is 42.7 Å². The van der Waals surface area contributed by atoms with E-state index in [1.54, 1.807) is 4.68 Å². The van der Waals surface area contributed by atoms with Gasteiger partial charge in [0.15, 0.2) is 5.76 Å². The Kier molecular flexibility index (Phi) is 5.02. The van der Waals surface area contributed by atoms with Crippen molar-refractivity contribution in [3.63, 3.8) is 0 Å². The highest BCUT2D eigenvalue weighted by atomic mass is 16.5. The van der Waals surface area contributed by atoms with E-state index in [-0.39, 0.29) is 11.9 Å². The van der Waals surface area contributed by atoms with Gasteiger partial charge in [-0.1, -0.05) is 5.16 Å².